The molecule has 0 aliphatic heterocycles. The lowest BCUT2D eigenvalue weighted by Gasteiger charge is -2.22. The number of carbonyl (C=O) groups is 1. The largest absolute Gasteiger partial charge is 0.497 e. The number of benzene rings is 2. The van der Waals surface area contributed by atoms with E-state index in [2.05, 4.69) is 15.4 Å². The fourth-order valence-electron chi connectivity index (χ4n) is 5.18. The highest BCUT2D eigenvalue weighted by Gasteiger charge is 2.39. The number of nitrogens with one attached hydrogen (secondary N) is 1. The molecular weight excluding hydrogens is 505 g/mol. The van der Waals surface area contributed by atoms with Gasteiger partial charge < -0.3 is 10.1 Å². The van der Waals surface area contributed by atoms with Crippen LogP contribution in [0.4, 0.5) is 13.2 Å². The molecule has 202 valence electrons. The van der Waals surface area contributed by atoms with Crippen LogP contribution in [0.25, 0.3) is 11.1 Å². The topological polar surface area (TPSA) is 69.0 Å². The molecule has 0 saturated carbocycles. The van der Waals surface area contributed by atoms with Crippen molar-refractivity contribution in [2.45, 2.75) is 50.9 Å². The van der Waals surface area contributed by atoms with E-state index in [0.29, 0.717) is 37.1 Å². The number of methoxy groups -OCH3 is 1. The molecule has 0 radical (unpaired) electrons. The number of carbonyl (C=O) groups excluding carboxylic acids is 1. The number of aromatic nitrogens is 3. The van der Waals surface area contributed by atoms with Gasteiger partial charge in [0.1, 0.15) is 12.3 Å². The van der Waals surface area contributed by atoms with Crippen molar-refractivity contribution < 1.29 is 22.7 Å². The van der Waals surface area contributed by atoms with Gasteiger partial charge in [0.2, 0.25) is 5.91 Å². The highest BCUT2D eigenvalue weighted by Crippen LogP contribution is 2.36. The van der Waals surface area contributed by atoms with Crippen molar-refractivity contribution in [3.8, 4) is 16.9 Å². The Kier molecular flexibility index (Phi) is 7.67. The molecule has 2 heterocycles. The van der Waals surface area contributed by atoms with Crippen molar-refractivity contribution >= 4 is 5.91 Å². The summed E-state index contributed by atoms with van der Waals surface area (Å²) in [5.41, 5.74) is 3.24. The predicted octanol–water partition coefficient (Wildman–Crippen LogP) is 5.95. The number of pyridine rings is 1. The molecule has 39 heavy (non-hydrogen) atoms. The molecule has 1 N–H and O–H groups in total. The quantitative estimate of drug-likeness (QED) is 0.303. The zero-order valence-electron chi connectivity index (χ0n) is 21.5. The second kappa shape index (κ2) is 11.3. The molecule has 0 unspecified atom stereocenters. The van der Waals surface area contributed by atoms with E-state index in [-0.39, 0.29) is 12.1 Å². The van der Waals surface area contributed by atoms with E-state index in [9.17, 15) is 18.0 Å². The average molecular weight is 535 g/mol. The van der Waals surface area contributed by atoms with Gasteiger partial charge in [0.15, 0.2) is 5.69 Å². The summed E-state index contributed by atoms with van der Waals surface area (Å²) in [7, 11) is 1.60. The van der Waals surface area contributed by atoms with Gasteiger partial charge in [0, 0.05) is 23.0 Å². The number of amides is 1. The summed E-state index contributed by atoms with van der Waals surface area (Å²) in [6, 6.07) is 20.5. The molecule has 0 saturated heterocycles. The Morgan fingerprint density at radius 2 is 1.77 bits per heavy atom. The van der Waals surface area contributed by atoms with Crippen LogP contribution >= 0.6 is 0 Å². The molecule has 4 aromatic rings. The minimum atomic E-state index is -4.56. The Hall–Kier alpha value is -4.14. The molecule has 1 atom stereocenters. The number of nitrogens with zero attached hydrogens (tertiary/aromatic N) is 3. The molecule has 9 heteroatoms. The van der Waals surface area contributed by atoms with Crippen molar-refractivity contribution in [2.75, 3.05) is 7.11 Å². The summed E-state index contributed by atoms with van der Waals surface area (Å²) in [6.45, 7) is -0.297. The zero-order chi connectivity index (χ0) is 27.4. The lowest BCUT2D eigenvalue weighted by molar-refractivity contribution is -0.142. The maximum Gasteiger partial charge on any atom is 0.435 e. The van der Waals surface area contributed by atoms with Crippen molar-refractivity contribution in [3.63, 3.8) is 0 Å². The Morgan fingerprint density at radius 3 is 2.49 bits per heavy atom. The second-order valence-electron chi connectivity index (χ2n) is 9.61. The maximum absolute atomic E-state index is 13.7. The highest BCUT2D eigenvalue weighted by atomic mass is 19.4. The van der Waals surface area contributed by atoms with E-state index in [1.54, 1.807) is 13.3 Å². The molecule has 0 spiro atoms. The molecular formula is C30H29F3N4O2. The number of alkyl halides is 3. The normalized spacial score (nSPS) is 13.9. The smallest absolute Gasteiger partial charge is 0.435 e. The molecule has 0 fully saturated rings. The van der Waals surface area contributed by atoms with Gasteiger partial charge in [-0.3, -0.25) is 14.5 Å². The Balaban J connectivity index is 1.46. The van der Waals surface area contributed by atoms with Crippen LogP contribution in [0.15, 0.2) is 72.9 Å². The third-order valence-corrected chi connectivity index (χ3v) is 7.01. The van der Waals surface area contributed by atoms with Crippen molar-refractivity contribution in [2.24, 2.45) is 0 Å². The summed E-state index contributed by atoms with van der Waals surface area (Å²) >= 11 is 0. The number of halogens is 3. The van der Waals surface area contributed by atoms with Crippen molar-refractivity contribution in [1.82, 2.24) is 20.1 Å². The molecule has 2 aromatic heterocycles. The van der Waals surface area contributed by atoms with Gasteiger partial charge in [-0.2, -0.15) is 18.3 Å². The Labute approximate surface area is 224 Å². The van der Waals surface area contributed by atoms with Gasteiger partial charge in [-0.1, -0.05) is 48.5 Å². The molecule has 1 amide bonds. The lowest BCUT2D eigenvalue weighted by atomic mass is 9.95. The number of fused-ring (bicyclic) bond motifs is 1. The van der Waals surface area contributed by atoms with E-state index in [1.165, 1.54) is 4.68 Å². The van der Waals surface area contributed by atoms with Gasteiger partial charge in [0.05, 0.1) is 18.8 Å². The van der Waals surface area contributed by atoms with E-state index in [1.807, 2.05) is 66.7 Å². The van der Waals surface area contributed by atoms with Crippen LogP contribution < -0.4 is 10.1 Å². The monoisotopic (exact) mass is 534 g/mol. The molecule has 5 rings (SSSR count). The average Bonchev–Trinajstić information content (AvgIpc) is 3.32. The van der Waals surface area contributed by atoms with Crippen LogP contribution in [0.1, 0.15) is 47.1 Å². The van der Waals surface area contributed by atoms with Crippen LogP contribution in [0, 0.1) is 0 Å². The minimum Gasteiger partial charge on any atom is -0.497 e. The van der Waals surface area contributed by atoms with Gasteiger partial charge in [0.25, 0.3) is 0 Å². The minimum absolute atomic E-state index is 0.217. The SMILES string of the molecule is COc1ccc(-c2cccnc2[C@@H](Cc2ccccc2)NC(=O)Cn2nc(C(F)(F)F)c3c2CCCC3)cc1. The number of rotatable bonds is 8. The van der Waals surface area contributed by atoms with Crippen LogP contribution in [-0.4, -0.2) is 27.8 Å². The third kappa shape index (κ3) is 5.97. The summed E-state index contributed by atoms with van der Waals surface area (Å²) in [5, 5.41) is 6.90. The first-order valence-corrected chi connectivity index (χ1v) is 12.9. The summed E-state index contributed by atoms with van der Waals surface area (Å²) in [4.78, 5) is 18.0. The van der Waals surface area contributed by atoms with Gasteiger partial charge >= 0.3 is 6.18 Å². The van der Waals surface area contributed by atoms with E-state index in [4.69, 9.17) is 4.74 Å². The maximum atomic E-state index is 13.7. The number of hydrogen-bond donors (Lipinski definition) is 1. The summed E-state index contributed by atoms with van der Waals surface area (Å²) in [6.07, 6.45) is -0.180. The molecule has 2 aromatic carbocycles. The molecule has 1 aliphatic carbocycles. The van der Waals surface area contributed by atoms with E-state index in [0.717, 1.165) is 28.9 Å². The number of ether oxygens (including phenoxy) is 1. The molecule has 0 bridgehead atoms. The fraction of sp³-hybridized carbons (Fsp3) is 0.300. The first kappa shape index (κ1) is 26.5. The number of hydrogen-bond acceptors (Lipinski definition) is 4. The van der Waals surface area contributed by atoms with Crippen molar-refractivity contribution in [1.29, 1.82) is 0 Å². The van der Waals surface area contributed by atoms with Gasteiger partial charge in [-0.05, 0) is 61.4 Å². The highest BCUT2D eigenvalue weighted by molar-refractivity contribution is 5.77. The molecule has 1 aliphatic rings. The predicted molar refractivity (Wildman–Crippen MR) is 141 cm³/mol. The first-order chi connectivity index (χ1) is 18.8. The summed E-state index contributed by atoms with van der Waals surface area (Å²) in [5.74, 6) is 0.297. The summed E-state index contributed by atoms with van der Waals surface area (Å²) < 4.78 is 47.5. The third-order valence-electron chi connectivity index (χ3n) is 7.01. The van der Waals surface area contributed by atoms with Crippen LogP contribution in [0.3, 0.4) is 0 Å². The first-order valence-electron chi connectivity index (χ1n) is 12.9. The Bertz CT molecular complexity index is 1430. The van der Waals surface area contributed by atoms with Crippen LogP contribution in [0.5, 0.6) is 5.75 Å². The van der Waals surface area contributed by atoms with Crippen molar-refractivity contribution in [3.05, 3.63) is 101 Å². The fourth-order valence-corrected chi connectivity index (χ4v) is 5.18. The van der Waals surface area contributed by atoms with E-state index < -0.39 is 23.8 Å². The van der Waals surface area contributed by atoms with E-state index >= 15 is 0 Å². The standard InChI is InChI=1S/C30H29F3N4O2/c1-39-22-15-13-21(14-16-22)23-11-7-17-34-28(23)25(18-20-8-3-2-4-9-20)35-27(38)19-37-26-12-6-5-10-24(26)29(36-37)30(31,32)33/h2-4,7-9,11,13-17,25H,5-6,10,12,18-19H2,1H3,(H,35,38)/t25-/m1/s1. The second-order valence-corrected chi connectivity index (χ2v) is 9.61. The lowest BCUT2D eigenvalue weighted by Crippen LogP contribution is -2.34. The van der Waals surface area contributed by atoms with Crippen LogP contribution in [-0.2, 0) is 36.8 Å². The zero-order valence-corrected chi connectivity index (χ0v) is 21.5. The van der Waals surface area contributed by atoms with Gasteiger partial charge in [-0.15, -0.1) is 0 Å². The van der Waals surface area contributed by atoms with Gasteiger partial charge in [-0.25, -0.2) is 0 Å². The molecule has 6 nitrogen and oxygen atoms in total. The van der Waals surface area contributed by atoms with Crippen LogP contribution in [0.2, 0.25) is 0 Å². The Morgan fingerprint density at radius 1 is 1.03 bits per heavy atom.